The molecule has 0 atom stereocenters. The Morgan fingerprint density at radius 2 is 1.91 bits per heavy atom. The first-order valence-electron chi connectivity index (χ1n) is 2.47. The molecule has 0 nitrogen and oxygen atoms in total. The van der Waals surface area contributed by atoms with E-state index in [-0.39, 0.29) is 42.3 Å². The van der Waals surface area contributed by atoms with Crippen LogP contribution in [-0.4, -0.2) is 0 Å². The minimum atomic E-state index is -0.301. The van der Waals surface area contributed by atoms with Gasteiger partial charge in [0.15, 0.2) is 0 Å². The Labute approximate surface area is 93.7 Å². The van der Waals surface area contributed by atoms with E-state index in [9.17, 15) is 4.39 Å². The van der Waals surface area contributed by atoms with Gasteiger partial charge in [-0.1, -0.05) is 11.1 Å². The number of hydrogen-bond donors (Lipinski definition) is 0. The molecule has 0 amide bonds. The van der Waals surface area contributed by atoms with Crippen LogP contribution in [0.3, 0.4) is 0 Å². The fourth-order valence-electron chi connectivity index (χ4n) is 0.543. The van der Waals surface area contributed by atoms with Gasteiger partial charge in [-0.25, -0.2) is 4.39 Å². The summed E-state index contributed by atoms with van der Waals surface area (Å²) in [4.78, 5) is 0. The summed E-state index contributed by atoms with van der Waals surface area (Å²) in [6.45, 7) is 3.51. The van der Waals surface area contributed by atoms with Crippen LogP contribution >= 0.6 is 28.6 Å². The van der Waals surface area contributed by atoms with E-state index in [0.717, 1.165) is 0 Å². The molecule has 1 aromatic rings. The maximum atomic E-state index is 12.2. The van der Waals surface area contributed by atoms with Gasteiger partial charge >= 0.3 is 0 Å². The van der Waals surface area contributed by atoms with E-state index >= 15 is 0 Å². The Bertz CT molecular complexity index is 230. The summed E-state index contributed by atoms with van der Waals surface area (Å²) < 4.78 is 12.2. The molecular weight excluding hydrogens is 284 g/mol. The van der Waals surface area contributed by atoms with E-state index in [1.807, 2.05) is 0 Å². The van der Waals surface area contributed by atoms with Crippen LogP contribution in [0.15, 0.2) is 18.2 Å². The standard InChI is InChI=1S/C7H5ClF.BrH.Zn/c1-5-4-6(9)2-3-7(5)8;;/h2-4H,1H2;1H;/q-1;;. The Morgan fingerprint density at radius 1 is 1.36 bits per heavy atom. The molecule has 0 aromatic heterocycles. The van der Waals surface area contributed by atoms with Crippen molar-refractivity contribution in [1.29, 1.82) is 0 Å². The average molecular weight is 290 g/mol. The fourth-order valence-corrected chi connectivity index (χ4v) is 0.661. The molecule has 0 heterocycles. The van der Waals surface area contributed by atoms with Crippen LogP contribution in [0.4, 0.5) is 4.39 Å². The van der Waals surface area contributed by atoms with Crippen molar-refractivity contribution in [2.45, 2.75) is 0 Å². The summed E-state index contributed by atoms with van der Waals surface area (Å²) in [6.07, 6.45) is 0. The fraction of sp³-hybridized carbons (Fsp3) is 0. The van der Waals surface area contributed by atoms with Crippen molar-refractivity contribution in [3.05, 3.63) is 41.5 Å². The van der Waals surface area contributed by atoms with Crippen molar-refractivity contribution in [2.75, 3.05) is 0 Å². The third-order valence-corrected chi connectivity index (χ3v) is 1.38. The minimum absolute atomic E-state index is 0. The van der Waals surface area contributed by atoms with Gasteiger partial charge in [-0.15, -0.1) is 23.0 Å². The zero-order valence-corrected chi connectivity index (χ0v) is 11.2. The normalized spacial score (nSPS) is 7.82. The van der Waals surface area contributed by atoms with Gasteiger partial charge < -0.3 is 0 Å². The second-order valence-electron chi connectivity index (χ2n) is 1.74. The maximum absolute atomic E-state index is 12.2. The van der Waals surface area contributed by atoms with Crippen LogP contribution in [0.25, 0.3) is 0 Å². The van der Waals surface area contributed by atoms with Crippen molar-refractivity contribution in [3.63, 3.8) is 0 Å². The SMILES string of the molecule is Br.[CH2-]c1cc(F)ccc1Cl.[Zn]. The monoisotopic (exact) mass is 287 g/mol. The van der Waals surface area contributed by atoms with Gasteiger partial charge in [0.25, 0.3) is 0 Å². The van der Waals surface area contributed by atoms with Crippen LogP contribution in [-0.2, 0) is 19.5 Å². The average Bonchev–Trinajstić information content (AvgIpc) is 1.80. The minimum Gasteiger partial charge on any atom is -0.222 e. The summed E-state index contributed by atoms with van der Waals surface area (Å²) in [7, 11) is 0. The molecule has 0 aliphatic rings. The second-order valence-corrected chi connectivity index (χ2v) is 2.14. The first kappa shape index (κ1) is 14.0. The molecule has 0 N–H and O–H groups in total. The quantitative estimate of drug-likeness (QED) is 0.508. The Balaban J connectivity index is 0. The molecule has 1 rings (SSSR count). The van der Waals surface area contributed by atoms with Crippen molar-refractivity contribution in [2.24, 2.45) is 0 Å². The van der Waals surface area contributed by atoms with Gasteiger partial charge in [-0.2, -0.15) is 24.1 Å². The Kier molecular flexibility index (Phi) is 7.60. The zero-order valence-electron chi connectivity index (χ0n) is 5.81. The summed E-state index contributed by atoms with van der Waals surface area (Å²) in [5, 5.41) is 0.497. The molecule has 58 valence electrons. The number of benzene rings is 1. The first-order chi connectivity index (χ1) is 4.20. The molecule has 0 fully saturated rings. The Morgan fingerprint density at radius 3 is 2.27 bits per heavy atom. The molecule has 0 saturated heterocycles. The zero-order chi connectivity index (χ0) is 6.85. The predicted octanol–water partition coefficient (Wildman–Crippen LogP) is 3.24. The van der Waals surface area contributed by atoms with Crippen LogP contribution in [0, 0.1) is 12.7 Å². The van der Waals surface area contributed by atoms with Crippen molar-refractivity contribution in [1.82, 2.24) is 0 Å². The number of rotatable bonds is 0. The molecule has 0 saturated carbocycles. The van der Waals surface area contributed by atoms with Gasteiger partial charge in [0.05, 0.1) is 5.82 Å². The van der Waals surface area contributed by atoms with Gasteiger partial charge in [-0.3, -0.25) is 0 Å². The first-order valence-corrected chi connectivity index (χ1v) is 2.85. The third-order valence-electron chi connectivity index (χ3n) is 1.01. The van der Waals surface area contributed by atoms with Crippen LogP contribution in [0.5, 0.6) is 0 Å². The van der Waals surface area contributed by atoms with Crippen molar-refractivity contribution in [3.8, 4) is 0 Å². The van der Waals surface area contributed by atoms with E-state index in [1.165, 1.54) is 18.2 Å². The summed E-state index contributed by atoms with van der Waals surface area (Å²) in [5.41, 5.74) is 0.525. The Hall–Kier alpha value is 0.413. The van der Waals surface area contributed by atoms with Gasteiger partial charge in [0.2, 0.25) is 0 Å². The van der Waals surface area contributed by atoms with Crippen molar-refractivity contribution < 1.29 is 23.9 Å². The van der Waals surface area contributed by atoms with E-state index in [1.54, 1.807) is 0 Å². The molecule has 0 aliphatic carbocycles. The van der Waals surface area contributed by atoms with E-state index in [2.05, 4.69) is 6.92 Å². The summed E-state index contributed by atoms with van der Waals surface area (Å²) in [6, 6.07) is 4.08. The molecule has 0 spiro atoms. The predicted molar refractivity (Wildman–Crippen MR) is 46.2 cm³/mol. The largest absolute Gasteiger partial charge is 0.222 e. The van der Waals surface area contributed by atoms with Crippen molar-refractivity contribution >= 4 is 28.6 Å². The van der Waals surface area contributed by atoms with Gasteiger partial charge in [0.1, 0.15) is 0 Å². The summed E-state index contributed by atoms with van der Waals surface area (Å²) >= 11 is 5.55. The van der Waals surface area contributed by atoms with Crippen LogP contribution in [0.2, 0.25) is 5.02 Å². The third kappa shape index (κ3) is 4.10. The van der Waals surface area contributed by atoms with Gasteiger partial charge in [-0.05, 0) is 6.07 Å². The van der Waals surface area contributed by atoms with Crippen LogP contribution < -0.4 is 0 Å². The van der Waals surface area contributed by atoms with E-state index < -0.39 is 0 Å². The number of halogens is 3. The molecule has 0 aliphatic heterocycles. The molecule has 1 aromatic carbocycles. The molecular formula is C7H6BrClFZn-. The molecule has 0 radical (unpaired) electrons. The molecule has 4 heteroatoms. The molecule has 0 bridgehead atoms. The molecule has 11 heavy (non-hydrogen) atoms. The van der Waals surface area contributed by atoms with Crippen LogP contribution in [0.1, 0.15) is 5.56 Å². The smallest absolute Gasteiger partial charge is 0.0679 e. The summed E-state index contributed by atoms with van der Waals surface area (Å²) in [5.74, 6) is -0.301. The maximum Gasteiger partial charge on any atom is 0.0679 e. The van der Waals surface area contributed by atoms with E-state index in [4.69, 9.17) is 11.6 Å². The topological polar surface area (TPSA) is 0 Å². The van der Waals surface area contributed by atoms with Gasteiger partial charge in [0, 0.05) is 19.5 Å². The van der Waals surface area contributed by atoms with E-state index in [0.29, 0.717) is 10.6 Å². The molecule has 0 unspecified atom stereocenters. The second kappa shape index (κ2) is 5.99. The number of hydrogen-bond acceptors (Lipinski definition) is 0.